The van der Waals surface area contributed by atoms with Crippen LogP contribution in [0.3, 0.4) is 0 Å². The van der Waals surface area contributed by atoms with Crippen LogP contribution in [-0.4, -0.2) is 34.4 Å². The van der Waals surface area contributed by atoms with Gasteiger partial charge in [-0.3, -0.25) is 19.6 Å². The third-order valence-electron chi connectivity index (χ3n) is 3.61. The Balaban J connectivity index is 2.01. The van der Waals surface area contributed by atoms with Gasteiger partial charge in [-0.25, -0.2) is 0 Å². The van der Waals surface area contributed by atoms with E-state index >= 15 is 0 Å². The maximum atomic E-state index is 12.3. The smallest absolute Gasteiger partial charge is 0.270 e. The zero-order chi connectivity index (χ0) is 17.6. The van der Waals surface area contributed by atoms with Gasteiger partial charge >= 0.3 is 0 Å². The number of amides is 2. The molecule has 0 saturated heterocycles. The highest BCUT2D eigenvalue weighted by atomic mass is 16.2. The van der Waals surface area contributed by atoms with Gasteiger partial charge < -0.3 is 10.6 Å². The Hall–Kier alpha value is -2.76. The van der Waals surface area contributed by atoms with E-state index in [9.17, 15) is 9.59 Å². The van der Waals surface area contributed by atoms with Gasteiger partial charge in [-0.05, 0) is 29.7 Å². The zero-order valence-corrected chi connectivity index (χ0v) is 14.1. The first-order valence-electron chi connectivity index (χ1n) is 7.79. The van der Waals surface area contributed by atoms with Gasteiger partial charge in [0.25, 0.3) is 11.8 Å². The number of carbonyl (C=O) groups excluding carboxylic acids is 2. The standard InChI is InChI=1S/C18H22N4O2/c1-18(2,3)15(22-17(24)14-9-5-7-11-20-14)12-21-16(23)13-8-4-6-10-19-13/h4-11,15H,12H2,1-3H3,(H,21,23)(H,22,24)/t15-/m1/s1. The van der Waals surface area contributed by atoms with E-state index in [0.717, 1.165) is 0 Å². The monoisotopic (exact) mass is 326 g/mol. The van der Waals surface area contributed by atoms with Crippen LogP contribution >= 0.6 is 0 Å². The van der Waals surface area contributed by atoms with E-state index in [-0.39, 0.29) is 23.3 Å². The SMILES string of the molecule is CC(C)(C)[C@@H](CNC(=O)c1ccccn1)NC(=O)c1ccccn1. The molecule has 2 N–H and O–H groups in total. The van der Waals surface area contributed by atoms with E-state index in [4.69, 9.17) is 0 Å². The lowest BCUT2D eigenvalue weighted by Crippen LogP contribution is -2.50. The normalized spacial score (nSPS) is 12.3. The van der Waals surface area contributed by atoms with E-state index in [1.165, 1.54) is 0 Å². The molecule has 0 saturated carbocycles. The van der Waals surface area contributed by atoms with Crippen LogP contribution in [0.15, 0.2) is 48.8 Å². The number of pyridine rings is 2. The van der Waals surface area contributed by atoms with Gasteiger partial charge in [0.05, 0.1) is 6.04 Å². The van der Waals surface area contributed by atoms with Gasteiger partial charge in [-0.2, -0.15) is 0 Å². The molecule has 0 aromatic carbocycles. The highest BCUT2D eigenvalue weighted by Crippen LogP contribution is 2.19. The molecular formula is C18H22N4O2. The van der Waals surface area contributed by atoms with Gasteiger partial charge in [0, 0.05) is 18.9 Å². The van der Waals surface area contributed by atoms with E-state index < -0.39 is 0 Å². The van der Waals surface area contributed by atoms with Gasteiger partial charge in [0.1, 0.15) is 11.4 Å². The van der Waals surface area contributed by atoms with Crippen LogP contribution in [0.4, 0.5) is 0 Å². The van der Waals surface area contributed by atoms with Crippen molar-refractivity contribution in [1.29, 1.82) is 0 Å². The Morgan fingerprint density at radius 1 is 0.958 bits per heavy atom. The average molecular weight is 326 g/mol. The minimum absolute atomic E-state index is 0.234. The van der Waals surface area contributed by atoms with E-state index in [1.807, 2.05) is 20.8 Å². The van der Waals surface area contributed by atoms with Gasteiger partial charge in [-0.1, -0.05) is 32.9 Å². The number of hydrogen-bond acceptors (Lipinski definition) is 4. The Kier molecular flexibility index (Phi) is 5.63. The van der Waals surface area contributed by atoms with Crippen molar-refractivity contribution >= 4 is 11.8 Å². The van der Waals surface area contributed by atoms with Crippen molar-refractivity contribution in [3.8, 4) is 0 Å². The third-order valence-corrected chi connectivity index (χ3v) is 3.61. The van der Waals surface area contributed by atoms with Crippen molar-refractivity contribution < 1.29 is 9.59 Å². The summed E-state index contributed by atoms with van der Waals surface area (Å²) in [6.45, 7) is 6.31. The molecule has 0 aliphatic carbocycles. The van der Waals surface area contributed by atoms with Gasteiger partial charge in [-0.15, -0.1) is 0 Å². The lowest BCUT2D eigenvalue weighted by atomic mass is 9.86. The minimum Gasteiger partial charge on any atom is -0.349 e. The first-order chi connectivity index (χ1) is 11.4. The van der Waals surface area contributed by atoms with Gasteiger partial charge in [0.15, 0.2) is 0 Å². The zero-order valence-electron chi connectivity index (χ0n) is 14.1. The minimum atomic E-state index is -0.267. The molecule has 126 valence electrons. The number of carbonyl (C=O) groups is 2. The molecule has 2 amide bonds. The molecule has 0 aliphatic rings. The summed E-state index contributed by atoms with van der Waals surface area (Å²) in [5.74, 6) is -0.528. The first kappa shape index (κ1) is 17.6. The molecule has 0 aliphatic heterocycles. The van der Waals surface area contributed by atoms with Crippen molar-refractivity contribution in [3.63, 3.8) is 0 Å². The molecule has 6 heteroatoms. The fourth-order valence-electron chi connectivity index (χ4n) is 2.09. The van der Waals surface area contributed by atoms with Crippen molar-refractivity contribution in [1.82, 2.24) is 20.6 Å². The summed E-state index contributed by atoms with van der Waals surface area (Å²) >= 11 is 0. The number of aromatic nitrogens is 2. The number of nitrogens with zero attached hydrogens (tertiary/aromatic N) is 2. The second kappa shape index (κ2) is 7.68. The fraction of sp³-hybridized carbons (Fsp3) is 0.333. The molecule has 24 heavy (non-hydrogen) atoms. The van der Waals surface area contributed by atoms with Crippen LogP contribution in [-0.2, 0) is 0 Å². The summed E-state index contributed by atoms with van der Waals surface area (Å²) in [5, 5.41) is 5.77. The van der Waals surface area contributed by atoms with Crippen LogP contribution in [0.1, 0.15) is 41.7 Å². The van der Waals surface area contributed by atoms with Crippen LogP contribution in [0.5, 0.6) is 0 Å². The molecule has 0 unspecified atom stereocenters. The predicted octanol–water partition coefficient (Wildman–Crippen LogP) is 2.05. The van der Waals surface area contributed by atoms with Crippen LogP contribution in [0.25, 0.3) is 0 Å². The Morgan fingerprint density at radius 2 is 1.50 bits per heavy atom. The Morgan fingerprint density at radius 3 is 1.96 bits per heavy atom. The highest BCUT2D eigenvalue weighted by molar-refractivity contribution is 5.93. The molecule has 0 radical (unpaired) electrons. The summed E-state index contributed by atoms with van der Waals surface area (Å²) in [6, 6.07) is 10.1. The lowest BCUT2D eigenvalue weighted by molar-refractivity contribution is 0.0866. The van der Waals surface area contributed by atoms with E-state index in [1.54, 1.807) is 48.8 Å². The largest absolute Gasteiger partial charge is 0.349 e. The number of rotatable bonds is 5. The van der Waals surface area contributed by atoms with Gasteiger partial charge in [0.2, 0.25) is 0 Å². The lowest BCUT2D eigenvalue weighted by Gasteiger charge is -2.31. The quantitative estimate of drug-likeness (QED) is 0.881. The maximum Gasteiger partial charge on any atom is 0.270 e. The van der Waals surface area contributed by atoms with E-state index in [0.29, 0.717) is 17.9 Å². The van der Waals surface area contributed by atoms with Crippen LogP contribution < -0.4 is 10.6 Å². The molecular weight excluding hydrogens is 304 g/mol. The molecule has 2 heterocycles. The molecule has 0 spiro atoms. The topological polar surface area (TPSA) is 84.0 Å². The van der Waals surface area contributed by atoms with Crippen molar-refractivity contribution in [2.24, 2.45) is 5.41 Å². The molecule has 2 rings (SSSR count). The second-order valence-corrected chi connectivity index (χ2v) is 6.53. The molecule has 0 bridgehead atoms. The fourth-order valence-corrected chi connectivity index (χ4v) is 2.09. The predicted molar refractivity (Wildman–Crippen MR) is 91.5 cm³/mol. The molecule has 2 aromatic heterocycles. The van der Waals surface area contributed by atoms with Crippen molar-refractivity contribution in [2.75, 3.05) is 6.54 Å². The van der Waals surface area contributed by atoms with Crippen molar-refractivity contribution in [2.45, 2.75) is 26.8 Å². The maximum absolute atomic E-state index is 12.3. The molecule has 1 atom stereocenters. The summed E-state index contributed by atoms with van der Waals surface area (Å²) in [5.41, 5.74) is 0.464. The van der Waals surface area contributed by atoms with E-state index in [2.05, 4.69) is 20.6 Å². The highest BCUT2D eigenvalue weighted by Gasteiger charge is 2.27. The number of nitrogens with one attached hydrogen (secondary N) is 2. The summed E-state index contributed by atoms with van der Waals surface area (Å²) in [4.78, 5) is 32.5. The molecule has 0 fully saturated rings. The average Bonchev–Trinajstić information content (AvgIpc) is 2.58. The summed E-state index contributed by atoms with van der Waals surface area (Å²) in [7, 11) is 0. The number of hydrogen-bond donors (Lipinski definition) is 2. The molecule has 6 nitrogen and oxygen atoms in total. The third kappa shape index (κ3) is 4.87. The van der Waals surface area contributed by atoms with Crippen LogP contribution in [0.2, 0.25) is 0 Å². The summed E-state index contributed by atoms with van der Waals surface area (Å²) in [6.07, 6.45) is 3.14. The van der Waals surface area contributed by atoms with Crippen molar-refractivity contribution in [3.05, 3.63) is 60.2 Å². The molecule has 2 aromatic rings. The Bertz CT molecular complexity index is 681. The van der Waals surface area contributed by atoms with Crippen LogP contribution in [0, 0.1) is 5.41 Å². The Labute approximate surface area is 141 Å². The first-order valence-corrected chi connectivity index (χ1v) is 7.79. The summed E-state index contributed by atoms with van der Waals surface area (Å²) < 4.78 is 0. The second-order valence-electron chi connectivity index (χ2n) is 6.53.